The third kappa shape index (κ3) is 4.73. The number of aliphatic hydroxyl groups is 1. The molecule has 0 aliphatic carbocycles. The number of methoxy groups -OCH3 is 2. The molecule has 4 heteroatoms. The molecule has 1 rings (SSSR count). The second-order valence-electron chi connectivity index (χ2n) is 5.69. The van der Waals surface area contributed by atoms with Crippen LogP contribution in [-0.2, 0) is 6.54 Å². The van der Waals surface area contributed by atoms with Gasteiger partial charge in [-0.25, -0.2) is 0 Å². The molecule has 4 nitrogen and oxygen atoms in total. The van der Waals surface area contributed by atoms with E-state index in [1.54, 1.807) is 14.2 Å². The Labute approximate surface area is 115 Å². The minimum absolute atomic E-state index is 0.120. The molecule has 0 aliphatic rings. The van der Waals surface area contributed by atoms with Crippen molar-refractivity contribution in [2.75, 3.05) is 20.8 Å². The summed E-state index contributed by atoms with van der Waals surface area (Å²) in [7, 11) is 3.29. The molecule has 1 aromatic carbocycles. The summed E-state index contributed by atoms with van der Waals surface area (Å²) >= 11 is 0. The molecule has 0 saturated heterocycles. The molecule has 0 fully saturated rings. The Morgan fingerprint density at radius 2 is 1.89 bits per heavy atom. The Morgan fingerprint density at radius 3 is 2.42 bits per heavy atom. The Kier molecular flexibility index (Phi) is 5.63. The van der Waals surface area contributed by atoms with Gasteiger partial charge >= 0.3 is 0 Å². The topological polar surface area (TPSA) is 50.7 Å². The Morgan fingerprint density at radius 1 is 1.21 bits per heavy atom. The van der Waals surface area contributed by atoms with Crippen LogP contribution in [0.1, 0.15) is 26.3 Å². The minimum atomic E-state index is -0.385. The van der Waals surface area contributed by atoms with E-state index in [-0.39, 0.29) is 11.5 Å². The largest absolute Gasteiger partial charge is 0.497 e. The molecule has 0 heterocycles. The Bertz CT molecular complexity index is 399. The zero-order valence-corrected chi connectivity index (χ0v) is 12.5. The smallest absolute Gasteiger partial charge is 0.123 e. The van der Waals surface area contributed by atoms with E-state index in [9.17, 15) is 5.11 Å². The molecule has 0 spiro atoms. The number of aliphatic hydroxyl groups excluding tert-OH is 1. The predicted octanol–water partition coefficient (Wildman–Crippen LogP) is 2.20. The van der Waals surface area contributed by atoms with Crippen LogP contribution < -0.4 is 14.8 Å². The first-order chi connectivity index (χ1) is 8.88. The zero-order valence-electron chi connectivity index (χ0n) is 12.5. The van der Waals surface area contributed by atoms with Gasteiger partial charge in [0.1, 0.15) is 11.5 Å². The number of benzene rings is 1. The van der Waals surface area contributed by atoms with Crippen molar-refractivity contribution in [2.45, 2.75) is 33.4 Å². The van der Waals surface area contributed by atoms with Gasteiger partial charge in [-0.1, -0.05) is 20.8 Å². The van der Waals surface area contributed by atoms with Crippen molar-refractivity contribution in [1.29, 1.82) is 0 Å². The number of ether oxygens (including phenoxy) is 2. The molecule has 0 saturated carbocycles. The van der Waals surface area contributed by atoms with Crippen LogP contribution in [0.5, 0.6) is 11.5 Å². The fraction of sp³-hybridized carbons (Fsp3) is 0.600. The van der Waals surface area contributed by atoms with Crippen molar-refractivity contribution in [3.63, 3.8) is 0 Å². The van der Waals surface area contributed by atoms with E-state index in [0.29, 0.717) is 13.1 Å². The monoisotopic (exact) mass is 267 g/mol. The van der Waals surface area contributed by atoms with Gasteiger partial charge in [-0.2, -0.15) is 0 Å². The predicted molar refractivity (Wildman–Crippen MR) is 76.7 cm³/mol. The number of hydrogen-bond donors (Lipinski definition) is 2. The summed E-state index contributed by atoms with van der Waals surface area (Å²) in [5, 5.41) is 13.2. The third-order valence-corrected chi connectivity index (χ3v) is 3.14. The molecule has 0 aliphatic heterocycles. The molecule has 108 valence electrons. The van der Waals surface area contributed by atoms with Crippen LogP contribution in [0.2, 0.25) is 0 Å². The van der Waals surface area contributed by atoms with Gasteiger partial charge in [-0.3, -0.25) is 0 Å². The van der Waals surface area contributed by atoms with Crippen LogP contribution in [0.15, 0.2) is 18.2 Å². The Balaban J connectivity index is 2.61. The number of hydrogen-bond acceptors (Lipinski definition) is 4. The van der Waals surface area contributed by atoms with Gasteiger partial charge in [0.25, 0.3) is 0 Å². The van der Waals surface area contributed by atoms with Crippen molar-refractivity contribution >= 4 is 0 Å². The number of rotatable bonds is 6. The zero-order chi connectivity index (χ0) is 14.5. The van der Waals surface area contributed by atoms with Crippen LogP contribution in [-0.4, -0.2) is 32.0 Å². The third-order valence-electron chi connectivity index (χ3n) is 3.14. The van der Waals surface area contributed by atoms with E-state index < -0.39 is 0 Å². The average Bonchev–Trinajstić information content (AvgIpc) is 2.37. The molecule has 0 bridgehead atoms. The fourth-order valence-electron chi connectivity index (χ4n) is 1.67. The summed E-state index contributed by atoms with van der Waals surface area (Å²) in [5.74, 6) is 1.62. The average molecular weight is 267 g/mol. The van der Waals surface area contributed by atoms with Gasteiger partial charge in [0.15, 0.2) is 0 Å². The van der Waals surface area contributed by atoms with Crippen molar-refractivity contribution in [1.82, 2.24) is 5.32 Å². The normalized spacial score (nSPS) is 13.2. The van der Waals surface area contributed by atoms with Crippen LogP contribution in [0.3, 0.4) is 0 Å². The Hall–Kier alpha value is -1.26. The maximum Gasteiger partial charge on any atom is 0.123 e. The summed E-state index contributed by atoms with van der Waals surface area (Å²) in [6, 6.07) is 5.69. The van der Waals surface area contributed by atoms with Gasteiger partial charge in [0.2, 0.25) is 0 Å². The van der Waals surface area contributed by atoms with E-state index in [2.05, 4.69) is 5.32 Å². The number of nitrogens with one attached hydrogen (secondary N) is 1. The highest BCUT2D eigenvalue weighted by molar-refractivity contribution is 5.40. The molecule has 1 aromatic rings. The van der Waals surface area contributed by atoms with Crippen LogP contribution in [0.25, 0.3) is 0 Å². The fourth-order valence-corrected chi connectivity index (χ4v) is 1.67. The van der Waals surface area contributed by atoms with E-state index in [4.69, 9.17) is 9.47 Å². The second kappa shape index (κ2) is 6.78. The molecule has 1 atom stereocenters. The first-order valence-corrected chi connectivity index (χ1v) is 6.48. The summed E-state index contributed by atoms with van der Waals surface area (Å²) in [5.41, 5.74) is 0.897. The molecule has 0 aromatic heterocycles. The van der Waals surface area contributed by atoms with Crippen LogP contribution >= 0.6 is 0 Å². The summed E-state index contributed by atoms with van der Waals surface area (Å²) < 4.78 is 10.5. The second-order valence-corrected chi connectivity index (χ2v) is 5.69. The van der Waals surface area contributed by atoms with Gasteiger partial charge < -0.3 is 19.9 Å². The highest BCUT2D eigenvalue weighted by atomic mass is 16.5. The highest BCUT2D eigenvalue weighted by Crippen LogP contribution is 2.24. The van der Waals surface area contributed by atoms with Gasteiger partial charge in [0, 0.05) is 18.7 Å². The molecule has 0 radical (unpaired) electrons. The maximum atomic E-state index is 9.97. The van der Waals surface area contributed by atoms with Crippen molar-refractivity contribution in [3.8, 4) is 11.5 Å². The van der Waals surface area contributed by atoms with Crippen molar-refractivity contribution in [3.05, 3.63) is 23.8 Å². The highest BCUT2D eigenvalue weighted by Gasteiger charge is 2.21. The SMILES string of the molecule is COc1ccc(OC)c(CNCC(O)C(C)(C)C)c1. The van der Waals surface area contributed by atoms with Gasteiger partial charge in [-0.05, 0) is 23.6 Å². The van der Waals surface area contributed by atoms with E-state index in [1.807, 2.05) is 39.0 Å². The van der Waals surface area contributed by atoms with E-state index in [1.165, 1.54) is 0 Å². The molecule has 0 amide bonds. The molecule has 1 unspecified atom stereocenters. The summed E-state index contributed by atoms with van der Waals surface area (Å²) in [6.45, 7) is 7.24. The lowest BCUT2D eigenvalue weighted by atomic mass is 9.89. The standard InChI is InChI=1S/C15H25NO3/c1-15(2,3)14(17)10-16-9-11-8-12(18-4)6-7-13(11)19-5/h6-8,14,16-17H,9-10H2,1-5H3. The van der Waals surface area contributed by atoms with Crippen molar-refractivity contribution in [2.24, 2.45) is 5.41 Å². The first kappa shape index (κ1) is 15.8. The first-order valence-electron chi connectivity index (χ1n) is 6.48. The maximum absolute atomic E-state index is 9.97. The van der Waals surface area contributed by atoms with Gasteiger partial charge in [0.05, 0.1) is 20.3 Å². The van der Waals surface area contributed by atoms with Gasteiger partial charge in [-0.15, -0.1) is 0 Å². The summed E-state index contributed by atoms with van der Waals surface area (Å²) in [6.07, 6.45) is -0.385. The summed E-state index contributed by atoms with van der Waals surface area (Å²) in [4.78, 5) is 0. The van der Waals surface area contributed by atoms with Crippen molar-refractivity contribution < 1.29 is 14.6 Å². The van der Waals surface area contributed by atoms with E-state index in [0.717, 1.165) is 17.1 Å². The molecule has 2 N–H and O–H groups in total. The lowest BCUT2D eigenvalue weighted by Crippen LogP contribution is -2.36. The lowest BCUT2D eigenvalue weighted by molar-refractivity contribution is 0.0627. The van der Waals surface area contributed by atoms with E-state index >= 15 is 0 Å². The molecule has 19 heavy (non-hydrogen) atoms. The minimum Gasteiger partial charge on any atom is -0.497 e. The van der Waals surface area contributed by atoms with Crippen LogP contribution in [0.4, 0.5) is 0 Å². The lowest BCUT2D eigenvalue weighted by Gasteiger charge is -2.26. The van der Waals surface area contributed by atoms with Crippen LogP contribution in [0, 0.1) is 5.41 Å². The quantitative estimate of drug-likeness (QED) is 0.829. The molecular formula is C15H25NO3. The molecular weight excluding hydrogens is 242 g/mol.